The number of benzene rings is 1. The van der Waals surface area contributed by atoms with E-state index in [2.05, 4.69) is 25.8 Å². The Morgan fingerprint density at radius 1 is 1.19 bits per heavy atom. The number of hydrogen-bond acceptors (Lipinski definition) is 7. The van der Waals surface area contributed by atoms with Crippen molar-refractivity contribution in [3.63, 3.8) is 0 Å². The van der Waals surface area contributed by atoms with Crippen LogP contribution in [0.25, 0.3) is 5.69 Å². The lowest BCUT2D eigenvalue weighted by atomic mass is 9.87. The smallest absolute Gasteiger partial charge is 0.269 e. The Morgan fingerprint density at radius 3 is 2.62 bits per heavy atom. The zero-order chi connectivity index (χ0) is 22.9. The SMILES string of the molecule is NC(=O)c1cc(F)c(N[C@H]2[C@@H](N)CCCC2(F)F)nc1Nc1cccc(-n2nccn2)c1. The van der Waals surface area contributed by atoms with Gasteiger partial charge in [0.1, 0.15) is 11.9 Å². The second kappa shape index (κ2) is 8.46. The first-order valence-electron chi connectivity index (χ1n) is 9.88. The van der Waals surface area contributed by atoms with Crippen LogP contribution in [0.1, 0.15) is 29.6 Å². The number of rotatable bonds is 6. The molecular weight excluding hydrogens is 425 g/mol. The van der Waals surface area contributed by atoms with Gasteiger partial charge in [0.05, 0.1) is 23.6 Å². The van der Waals surface area contributed by atoms with Gasteiger partial charge in [-0.3, -0.25) is 4.79 Å². The third-order valence-corrected chi connectivity index (χ3v) is 5.22. The van der Waals surface area contributed by atoms with E-state index in [4.69, 9.17) is 11.5 Å². The minimum Gasteiger partial charge on any atom is -0.365 e. The average Bonchev–Trinajstić information content (AvgIpc) is 3.27. The van der Waals surface area contributed by atoms with Crippen LogP contribution in [0.4, 0.5) is 30.5 Å². The predicted octanol–water partition coefficient (Wildman–Crippen LogP) is 2.57. The van der Waals surface area contributed by atoms with Crippen LogP contribution in [-0.4, -0.2) is 43.9 Å². The van der Waals surface area contributed by atoms with Crippen molar-refractivity contribution in [3.8, 4) is 5.69 Å². The number of primary amides is 1. The van der Waals surface area contributed by atoms with Crippen LogP contribution in [0.5, 0.6) is 0 Å². The molecule has 1 fully saturated rings. The molecule has 0 bridgehead atoms. The van der Waals surface area contributed by atoms with Crippen LogP contribution in [0, 0.1) is 5.82 Å². The maximum Gasteiger partial charge on any atom is 0.269 e. The van der Waals surface area contributed by atoms with E-state index in [1.807, 2.05) is 0 Å². The van der Waals surface area contributed by atoms with Gasteiger partial charge in [0.2, 0.25) is 0 Å². The maximum absolute atomic E-state index is 14.6. The highest BCUT2D eigenvalue weighted by Gasteiger charge is 2.46. The van der Waals surface area contributed by atoms with E-state index in [1.54, 1.807) is 24.3 Å². The normalized spacial score (nSPS) is 20.0. The van der Waals surface area contributed by atoms with Gasteiger partial charge in [0.15, 0.2) is 11.6 Å². The van der Waals surface area contributed by atoms with Gasteiger partial charge in [-0.2, -0.15) is 15.0 Å². The van der Waals surface area contributed by atoms with E-state index in [9.17, 15) is 18.0 Å². The standard InChI is InChI=1S/C20H21F3N8O/c21-14-10-13(17(25)32)18(28-11-3-1-4-12(9-11)31-26-7-8-27-31)30-19(14)29-16-15(24)5-2-6-20(16,22)23/h1,3-4,7-10,15-16H,2,5-6,24H2,(H2,25,32)(H2,28,29,30)/t15-,16-/m0/s1. The number of aromatic nitrogens is 4. The number of nitrogens with one attached hydrogen (secondary N) is 2. The number of nitrogens with zero attached hydrogens (tertiary/aromatic N) is 4. The summed E-state index contributed by atoms with van der Waals surface area (Å²) in [6.07, 6.45) is 3.30. The van der Waals surface area contributed by atoms with Crippen LogP contribution in [-0.2, 0) is 0 Å². The molecule has 1 aliphatic rings. The van der Waals surface area contributed by atoms with E-state index in [0.29, 0.717) is 17.8 Å². The summed E-state index contributed by atoms with van der Waals surface area (Å²) in [5.74, 6) is -5.61. The number of amides is 1. The second-order valence-corrected chi connectivity index (χ2v) is 7.51. The lowest BCUT2D eigenvalue weighted by Crippen LogP contribution is -2.55. The Labute approximate surface area is 181 Å². The van der Waals surface area contributed by atoms with E-state index >= 15 is 0 Å². The molecule has 9 nitrogen and oxygen atoms in total. The molecule has 168 valence electrons. The summed E-state index contributed by atoms with van der Waals surface area (Å²) in [7, 11) is 0. The molecule has 1 aliphatic carbocycles. The molecule has 0 spiro atoms. The number of anilines is 3. The highest BCUT2D eigenvalue weighted by Crippen LogP contribution is 2.35. The summed E-state index contributed by atoms with van der Waals surface area (Å²) in [5, 5.41) is 13.4. The fraction of sp³-hybridized carbons (Fsp3) is 0.300. The topological polar surface area (TPSA) is 137 Å². The first-order chi connectivity index (χ1) is 15.2. The van der Waals surface area contributed by atoms with Crippen molar-refractivity contribution >= 4 is 23.2 Å². The lowest BCUT2D eigenvalue weighted by molar-refractivity contribution is -0.0512. The number of nitrogens with two attached hydrogens (primary N) is 2. The maximum atomic E-state index is 14.6. The fourth-order valence-corrected chi connectivity index (χ4v) is 3.64. The number of halogens is 3. The molecule has 2 aromatic heterocycles. The molecule has 3 aromatic rings. The van der Waals surface area contributed by atoms with Crippen molar-refractivity contribution in [3.05, 3.63) is 54.1 Å². The number of carbonyl (C=O) groups excluding carboxylic acids is 1. The number of alkyl halides is 2. The van der Waals surface area contributed by atoms with E-state index in [-0.39, 0.29) is 24.2 Å². The molecule has 1 amide bonds. The van der Waals surface area contributed by atoms with Crippen molar-refractivity contribution in [1.82, 2.24) is 20.0 Å². The van der Waals surface area contributed by atoms with E-state index < -0.39 is 35.5 Å². The van der Waals surface area contributed by atoms with Crippen molar-refractivity contribution in [2.75, 3.05) is 10.6 Å². The molecule has 2 heterocycles. The Balaban J connectivity index is 1.67. The zero-order valence-electron chi connectivity index (χ0n) is 16.8. The Morgan fingerprint density at radius 2 is 1.94 bits per heavy atom. The minimum atomic E-state index is -3.13. The highest BCUT2D eigenvalue weighted by molar-refractivity contribution is 5.98. The van der Waals surface area contributed by atoms with E-state index in [0.717, 1.165) is 6.07 Å². The van der Waals surface area contributed by atoms with Gasteiger partial charge in [-0.05, 0) is 37.1 Å². The Kier molecular flexibility index (Phi) is 5.70. The van der Waals surface area contributed by atoms with Crippen molar-refractivity contribution in [2.24, 2.45) is 11.5 Å². The molecule has 32 heavy (non-hydrogen) atoms. The Bertz CT molecular complexity index is 1120. The summed E-state index contributed by atoms with van der Waals surface area (Å²) < 4.78 is 43.4. The van der Waals surface area contributed by atoms with Gasteiger partial charge < -0.3 is 22.1 Å². The lowest BCUT2D eigenvalue weighted by Gasteiger charge is -2.36. The third-order valence-electron chi connectivity index (χ3n) is 5.22. The van der Waals surface area contributed by atoms with Gasteiger partial charge in [0, 0.05) is 18.2 Å². The summed E-state index contributed by atoms with van der Waals surface area (Å²) >= 11 is 0. The van der Waals surface area contributed by atoms with Crippen molar-refractivity contribution in [2.45, 2.75) is 37.3 Å². The largest absolute Gasteiger partial charge is 0.365 e. The Hall–Kier alpha value is -3.67. The summed E-state index contributed by atoms with van der Waals surface area (Å²) in [4.78, 5) is 17.3. The van der Waals surface area contributed by atoms with Crippen LogP contribution in [0.3, 0.4) is 0 Å². The fourth-order valence-electron chi connectivity index (χ4n) is 3.64. The predicted molar refractivity (Wildman–Crippen MR) is 112 cm³/mol. The van der Waals surface area contributed by atoms with Gasteiger partial charge in [-0.1, -0.05) is 6.07 Å². The van der Waals surface area contributed by atoms with Crippen LogP contribution in [0.15, 0.2) is 42.7 Å². The second-order valence-electron chi connectivity index (χ2n) is 7.51. The van der Waals surface area contributed by atoms with Crippen LogP contribution >= 0.6 is 0 Å². The molecule has 2 atom stereocenters. The summed E-state index contributed by atoms with van der Waals surface area (Å²) in [6, 6.07) is 5.25. The van der Waals surface area contributed by atoms with Gasteiger partial charge >= 0.3 is 0 Å². The first kappa shape index (κ1) is 21.6. The quantitative estimate of drug-likeness (QED) is 0.457. The molecule has 1 saturated carbocycles. The van der Waals surface area contributed by atoms with Crippen molar-refractivity contribution in [1.29, 1.82) is 0 Å². The highest BCUT2D eigenvalue weighted by atomic mass is 19.3. The molecule has 0 aliphatic heterocycles. The third kappa shape index (κ3) is 4.35. The number of pyridine rings is 1. The molecule has 0 radical (unpaired) electrons. The average molecular weight is 446 g/mol. The molecule has 0 unspecified atom stereocenters. The molecule has 1 aromatic carbocycles. The monoisotopic (exact) mass is 446 g/mol. The molecular formula is C20H21F3N8O. The molecule has 12 heteroatoms. The molecule has 4 rings (SSSR count). The van der Waals surface area contributed by atoms with Gasteiger partial charge in [0.25, 0.3) is 11.8 Å². The molecule has 6 N–H and O–H groups in total. The minimum absolute atomic E-state index is 0.0975. The number of carbonyl (C=O) groups is 1. The first-order valence-corrected chi connectivity index (χ1v) is 9.88. The summed E-state index contributed by atoms with van der Waals surface area (Å²) in [5.41, 5.74) is 12.1. The van der Waals surface area contributed by atoms with Crippen LogP contribution < -0.4 is 22.1 Å². The number of hydrogen-bond donors (Lipinski definition) is 4. The zero-order valence-corrected chi connectivity index (χ0v) is 16.8. The van der Waals surface area contributed by atoms with Crippen molar-refractivity contribution < 1.29 is 18.0 Å². The van der Waals surface area contributed by atoms with Crippen LogP contribution in [0.2, 0.25) is 0 Å². The summed E-state index contributed by atoms with van der Waals surface area (Å²) in [6.45, 7) is 0. The van der Waals surface area contributed by atoms with Gasteiger partial charge in [-0.15, -0.1) is 0 Å². The van der Waals surface area contributed by atoms with E-state index in [1.165, 1.54) is 17.2 Å². The van der Waals surface area contributed by atoms with Gasteiger partial charge in [-0.25, -0.2) is 18.2 Å². The molecule has 0 saturated heterocycles.